The van der Waals surface area contributed by atoms with E-state index in [9.17, 15) is 0 Å². The zero-order valence-corrected chi connectivity index (χ0v) is 12.2. The Hall–Kier alpha value is 0.700. The van der Waals surface area contributed by atoms with Crippen LogP contribution in [-0.4, -0.2) is 9.15 Å². The molecule has 0 aromatic heterocycles. The van der Waals surface area contributed by atoms with Crippen LogP contribution in [-0.2, 0) is 0 Å². The van der Waals surface area contributed by atoms with Crippen LogP contribution >= 0.6 is 31.9 Å². The summed E-state index contributed by atoms with van der Waals surface area (Å²) in [7, 11) is 0. The van der Waals surface area contributed by atoms with E-state index < -0.39 is 0 Å². The van der Waals surface area contributed by atoms with E-state index in [0.29, 0.717) is 4.32 Å². The highest BCUT2D eigenvalue weighted by Gasteiger charge is 2.52. The van der Waals surface area contributed by atoms with E-state index >= 15 is 0 Å². The molecule has 3 aliphatic rings. The van der Waals surface area contributed by atoms with Crippen molar-refractivity contribution in [3.63, 3.8) is 0 Å². The normalized spacial score (nSPS) is 43.1. The van der Waals surface area contributed by atoms with Crippen LogP contribution in [0.4, 0.5) is 0 Å². The van der Waals surface area contributed by atoms with Gasteiger partial charge >= 0.3 is 0 Å². The van der Waals surface area contributed by atoms with Crippen molar-refractivity contribution in [2.45, 2.75) is 54.1 Å². The molecule has 0 bridgehead atoms. The molecule has 15 heavy (non-hydrogen) atoms. The molecule has 3 atom stereocenters. The third-order valence-corrected chi connectivity index (χ3v) is 6.67. The maximum absolute atomic E-state index is 3.91. The van der Waals surface area contributed by atoms with Gasteiger partial charge in [-0.1, -0.05) is 62.8 Å². The summed E-state index contributed by atoms with van der Waals surface area (Å²) in [5.41, 5.74) is 1.75. The molecule has 2 fully saturated rings. The lowest BCUT2D eigenvalue weighted by Gasteiger charge is -2.43. The molecule has 0 nitrogen and oxygen atoms in total. The van der Waals surface area contributed by atoms with Crippen LogP contribution in [0.25, 0.3) is 0 Å². The van der Waals surface area contributed by atoms with Gasteiger partial charge in [-0.05, 0) is 37.5 Å². The van der Waals surface area contributed by atoms with Gasteiger partial charge < -0.3 is 0 Å². The second-order valence-corrected chi connectivity index (χ2v) is 8.12. The van der Waals surface area contributed by atoms with Crippen molar-refractivity contribution in [2.75, 3.05) is 0 Å². The van der Waals surface area contributed by atoms with E-state index in [-0.39, 0.29) is 0 Å². The summed E-state index contributed by atoms with van der Waals surface area (Å²) in [4.78, 5) is 0.751. The summed E-state index contributed by atoms with van der Waals surface area (Å²) in [5, 5.41) is 0. The molecule has 84 valence electrons. The van der Waals surface area contributed by atoms with Crippen molar-refractivity contribution in [1.29, 1.82) is 0 Å². The lowest BCUT2D eigenvalue weighted by Crippen LogP contribution is -2.36. The van der Waals surface area contributed by atoms with E-state index in [1.54, 1.807) is 5.57 Å². The Kier molecular flexibility index (Phi) is 2.79. The molecule has 0 aliphatic heterocycles. The number of fused-ring (bicyclic) bond motifs is 1. The van der Waals surface area contributed by atoms with Gasteiger partial charge in [-0.15, -0.1) is 0 Å². The first-order valence-electron chi connectivity index (χ1n) is 6.26. The van der Waals surface area contributed by atoms with Gasteiger partial charge in [0.1, 0.15) is 0 Å². The van der Waals surface area contributed by atoms with Gasteiger partial charge in [0, 0.05) is 9.15 Å². The van der Waals surface area contributed by atoms with Crippen molar-refractivity contribution in [1.82, 2.24) is 0 Å². The quantitative estimate of drug-likeness (QED) is 0.477. The van der Waals surface area contributed by atoms with Gasteiger partial charge in [0.15, 0.2) is 0 Å². The molecule has 0 heterocycles. The minimum atomic E-state index is 0.458. The molecule has 3 rings (SSSR count). The molecular formula is C13H18Br2. The SMILES string of the molecule is BrC1CCCCCC2C(C3(Br)CC3)=CC12. The van der Waals surface area contributed by atoms with E-state index in [4.69, 9.17) is 0 Å². The summed E-state index contributed by atoms with van der Waals surface area (Å²) >= 11 is 7.79. The summed E-state index contributed by atoms with van der Waals surface area (Å²) in [5.74, 6) is 1.74. The Morgan fingerprint density at radius 3 is 2.60 bits per heavy atom. The molecule has 0 aromatic carbocycles. The maximum Gasteiger partial charge on any atom is 0.0470 e. The lowest BCUT2D eigenvalue weighted by molar-refractivity contribution is 0.311. The third-order valence-electron chi connectivity index (χ3n) is 4.36. The minimum Gasteiger partial charge on any atom is -0.0884 e. The fraction of sp³-hybridized carbons (Fsp3) is 0.846. The lowest BCUT2D eigenvalue weighted by atomic mass is 9.67. The first kappa shape index (κ1) is 10.8. The zero-order valence-electron chi connectivity index (χ0n) is 9.02. The predicted molar refractivity (Wildman–Crippen MR) is 71.8 cm³/mol. The first-order valence-corrected chi connectivity index (χ1v) is 7.97. The molecule has 0 amide bonds. The highest BCUT2D eigenvalue weighted by atomic mass is 79.9. The average Bonchev–Trinajstić information content (AvgIpc) is 2.86. The average molecular weight is 334 g/mol. The van der Waals surface area contributed by atoms with Crippen LogP contribution in [0, 0.1) is 11.8 Å². The Morgan fingerprint density at radius 1 is 1.13 bits per heavy atom. The van der Waals surface area contributed by atoms with Crippen LogP contribution in [0.3, 0.4) is 0 Å². The topological polar surface area (TPSA) is 0 Å². The van der Waals surface area contributed by atoms with E-state index in [2.05, 4.69) is 37.9 Å². The summed E-state index contributed by atoms with van der Waals surface area (Å²) in [6, 6.07) is 0. The van der Waals surface area contributed by atoms with Crippen molar-refractivity contribution in [3.05, 3.63) is 11.6 Å². The van der Waals surface area contributed by atoms with E-state index in [0.717, 1.165) is 16.7 Å². The fourth-order valence-electron chi connectivity index (χ4n) is 3.19. The second kappa shape index (κ2) is 3.87. The Morgan fingerprint density at radius 2 is 1.87 bits per heavy atom. The Bertz CT molecular complexity index is 291. The summed E-state index contributed by atoms with van der Waals surface area (Å²) in [6.07, 6.45) is 12.4. The van der Waals surface area contributed by atoms with Crippen molar-refractivity contribution in [3.8, 4) is 0 Å². The van der Waals surface area contributed by atoms with Crippen molar-refractivity contribution >= 4 is 31.9 Å². The Balaban J connectivity index is 1.78. The first-order chi connectivity index (χ1) is 7.21. The predicted octanol–water partition coefficient (Wildman–Crippen LogP) is 4.81. The van der Waals surface area contributed by atoms with Gasteiger partial charge in [0.05, 0.1) is 0 Å². The molecular weight excluding hydrogens is 316 g/mol. The van der Waals surface area contributed by atoms with E-state index in [1.165, 1.54) is 44.9 Å². The molecule has 0 saturated heterocycles. The molecule has 0 spiro atoms. The third kappa shape index (κ3) is 1.86. The van der Waals surface area contributed by atoms with Crippen molar-refractivity contribution < 1.29 is 0 Å². The number of hydrogen-bond donors (Lipinski definition) is 0. The molecule has 2 saturated carbocycles. The molecule has 3 unspecified atom stereocenters. The molecule has 0 N–H and O–H groups in total. The van der Waals surface area contributed by atoms with Gasteiger partial charge in [0.2, 0.25) is 0 Å². The highest BCUT2D eigenvalue weighted by molar-refractivity contribution is 9.10. The smallest absolute Gasteiger partial charge is 0.0470 e. The largest absolute Gasteiger partial charge is 0.0884 e. The summed E-state index contributed by atoms with van der Waals surface area (Å²) < 4.78 is 0.458. The van der Waals surface area contributed by atoms with Crippen molar-refractivity contribution in [2.24, 2.45) is 11.8 Å². The standard InChI is InChI=1S/C13H18Br2/c14-12-5-3-1-2-4-9-10(12)8-11(9)13(15)6-7-13/h8-10,12H,1-7H2. The number of alkyl halides is 2. The van der Waals surface area contributed by atoms with Gasteiger partial charge in [-0.25, -0.2) is 0 Å². The molecule has 3 aliphatic carbocycles. The Labute approximate surface area is 109 Å². The van der Waals surface area contributed by atoms with Gasteiger partial charge in [-0.2, -0.15) is 0 Å². The van der Waals surface area contributed by atoms with Crippen LogP contribution in [0.5, 0.6) is 0 Å². The molecule has 0 aromatic rings. The zero-order chi connectivity index (χ0) is 10.5. The van der Waals surface area contributed by atoms with E-state index in [1.807, 2.05) is 0 Å². The van der Waals surface area contributed by atoms with Crippen LogP contribution in [0.1, 0.15) is 44.9 Å². The van der Waals surface area contributed by atoms with Gasteiger partial charge in [0.25, 0.3) is 0 Å². The van der Waals surface area contributed by atoms with Gasteiger partial charge in [-0.3, -0.25) is 0 Å². The number of rotatable bonds is 1. The molecule has 2 heteroatoms. The fourth-order valence-corrected chi connectivity index (χ4v) is 4.66. The number of halogens is 2. The number of allylic oxidation sites excluding steroid dienone is 2. The van der Waals surface area contributed by atoms with Crippen LogP contribution < -0.4 is 0 Å². The van der Waals surface area contributed by atoms with Crippen LogP contribution in [0.15, 0.2) is 11.6 Å². The minimum absolute atomic E-state index is 0.458. The summed E-state index contributed by atoms with van der Waals surface area (Å²) in [6.45, 7) is 0. The highest BCUT2D eigenvalue weighted by Crippen LogP contribution is 2.60. The monoisotopic (exact) mass is 332 g/mol. The number of hydrogen-bond acceptors (Lipinski definition) is 0. The molecule has 0 radical (unpaired) electrons. The van der Waals surface area contributed by atoms with Crippen LogP contribution in [0.2, 0.25) is 0 Å². The second-order valence-electron chi connectivity index (χ2n) is 5.43. The maximum atomic E-state index is 3.91.